The number of sulfonamides is 1. The molecule has 34 heavy (non-hydrogen) atoms. The number of fused-ring (bicyclic) bond motifs is 1. The summed E-state index contributed by atoms with van der Waals surface area (Å²) < 4.78 is 23.3. The van der Waals surface area contributed by atoms with E-state index in [1.165, 1.54) is 41.6 Å². The Balaban J connectivity index is 1.72. The molecule has 1 aliphatic heterocycles. The molecule has 1 unspecified atom stereocenters. The molecule has 10 heteroatoms. The zero-order valence-electron chi connectivity index (χ0n) is 17.5. The van der Waals surface area contributed by atoms with Gasteiger partial charge in [0, 0.05) is 40.7 Å². The van der Waals surface area contributed by atoms with Crippen LogP contribution >= 0.6 is 0 Å². The Bertz CT molecular complexity index is 1570. The number of hydrogen-bond donors (Lipinski definition) is 3. The maximum Gasteiger partial charge on any atom is 0.300 e. The molecule has 0 saturated carbocycles. The number of pyridine rings is 1. The van der Waals surface area contributed by atoms with Gasteiger partial charge in [0.2, 0.25) is 10.0 Å². The number of carbonyl (C=O) groups is 2. The first-order valence-electron chi connectivity index (χ1n) is 10.2. The number of nitrogens with zero attached hydrogens (tertiary/aromatic N) is 2. The molecule has 170 valence electrons. The Labute approximate surface area is 194 Å². The lowest BCUT2D eigenvalue weighted by atomic mass is 9.95. The van der Waals surface area contributed by atoms with E-state index in [4.69, 9.17) is 5.14 Å². The molecule has 1 amide bonds. The van der Waals surface area contributed by atoms with Crippen molar-refractivity contribution in [2.24, 2.45) is 5.14 Å². The fraction of sp³-hybridized carbons (Fsp3) is 0.0417. The summed E-state index contributed by atoms with van der Waals surface area (Å²) in [5.74, 6) is -2.03. The molecule has 0 bridgehead atoms. The van der Waals surface area contributed by atoms with Gasteiger partial charge in [-0.2, -0.15) is 0 Å². The van der Waals surface area contributed by atoms with Gasteiger partial charge in [-0.3, -0.25) is 19.5 Å². The van der Waals surface area contributed by atoms with Crippen molar-refractivity contribution < 1.29 is 23.1 Å². The van der Waals surface area contributed by atoms with Gasteiger partial charge in [0.05, 0.1) is 16.5 Å². The van der Waals surface area contributed by atoms with Gasteiger partial charge in [0.25, 0.3) is 11.7 Å². The average molecular weight is 474 g/mol. The van der Waals surface area contributed by atoms with E-state index in [1.807, 2.05) is 12.1 Å². The Morgan fingerprint density at radius 1 is 1.00 bits per heavy atom. The minimum Gasteiger partial charge on any atom is -0.507 e. The number of para-hydroxylation sites is 1. The van der Waals surface area contributed by atoms with Crippen molar-refractivity contribution in [2.75, 3.05) is 4.90 Å². The normalized spacial score (nSPS) is 18.0. The SMILES string of the molecule is NS(=O)(=O)c1ccc(N2C(=O)C(=O)/C(=C(\O)c3c[nH]c4ccccc34)C2c2ccncc2)cc1. The van der Waals surface area contributed by atoms with Crippen LogP contribution in [0.15, 0.2) is 89.7 Å². The summed E-state index contributed by atoms with van der Waals surface area (Å²) in [6.45, 7) is 0. The highest BCUT2D eigenvalue weighted by atomic mass is 32.2. The van der Waals surface area contributed by atoms with Crippen molar-refractivity contribution >= 4 is 44.1 Å². The molecule has 5 rings (SSSR count). The smallest absolute Gasteiger partial charge is 0.300 e. The van der Waals surface area contributed by atoms with Crippen LogP contribution < -0.4 is 10.0 Å². The standard InChI is InChI=1S/C24H18N4O5S/c25-34(32,33)16-7-5-15(6-8-16)28-21(14-9-11-26-12-10-14)20(23(30)24(28)31)22(29)18-13-27-19-4-2-1-3-17(18)19/h1-13,21,27,29H,(H2,25,32,33)/b22-20-. The summed E-state index contributed by atoms with van der Waals surface area (Å²) in [5, 5.41) is 17.2. The topological polar surface area (TPSA) is 146 Å². The molecule has 4 aromatic rings. The summed E-state index contributed by atoms with van der Waals surface area (Å²) >= 11 is 0. The monoisotopic (exact) mass is 474 g/mol. The number of nitrogens with two attached hydrogens (primary N) is 1. The highest BCUT2D eigenvalue weighted by Crippen LogP contribution is 2.42. The number of benzene rings is 2. The van der Waals surface area contributed by atoms with Gasteiger partial charge in [0.15, 0.2) is 0 Å². The Hall–Kier alpha value is -4.28. The van der Waals surface area contributed by atoms with Crippen molar-refractivity contribution in [1.82, 2.24) is 9.97 Å². The third-order valence-corrected chi connectivity index (χ3v) is 6.68. The summed E-state index contributed by atoms with van der Waals surface area (Å²) in [5.41, 5.74) is 1.88. The van der Waals surface area contributed by atoms with Crippen LogP contribution in [0, 0.1) is 0 Å². The molecule has 3 heterocycles. The number of ketones is 1. The van der Waals surface area contributed by atoms with Crippen LogP contribution in [-0.4, -0.2) is 35.2 Å². The molecule has 0 radical (unpaired) electrons. The molecule has 1 aliphatic rings. The van der Waals surface area contributed by atoms with Crippen LogP contribution in [0.4, 0.5) is 5.69 Å². The molecule has 0 spiro atoms. The van der Waals surface area contributed by atoms with E-state index in [1.54, 1.807) is 30.5 Å². The molecular formula is C24H18N4O5S. The zero-order chi connectivity index (χ0) is 24.0. The average Bonchev–Trinajstić information content (AvgIpc) is 3.38. The van der Waals surface area contributed by atoms with Crippen molar-refractivity contribution in [2.45, 2.75) is 10.9 Å². The minimum absolute atomic E-state index is 0.0866. The van der Waals surface area contributed by atoms with Gasteiger partial charge in [-0.25, -0.2) is 13.6 Å². The quantitative estimate of drug-likeness (QED) is 0.235. The van der Waals surface area contributed by atoms with E-state index >= 15 is 0 Å². The molecular weight excluding hydrogens is 456 g/mol. The van der Waals surface area contributed by atoms with Gasteiger partial charge < -0.3 is 10.1 Å². The molecule has 1 atom stereocenters. The summed E-state index contributed by atoms with van der Waals surface area (Å²) in [4.78, 5) is 34.6. The lowest BCUT2D eigenvalue weighted by molar-refractivity contribution is -0.132. The predicted octanol–water partition coefficient (Wildman–Crippen LogP) is 2.84. The number of nitrogens with one attached hydrogen (secondary N) is 1. The third-order valence-electron chi connectivity index (χ3n) is 5.75. The van der Waals surface area contributed by atoms with Gasteiger partial charge in [-0.15, -0.1) is 0 Å². The first-order chi connectivity index (χ1) is 16.3. The zero-order valence-corrected chi connectivity index (χ0v) is 18.4. The van der Waals surface area contributed by atoms with E-state index in [-0.39, 0.29) is 21.9 Å². The van der Waals surface area contributed by atoms with Gasteiger partial charge >= 0.3 is 0 Å². The number of aliphatic hydroxyl groups excluding tert-OH is 1. The van der Waals surface area contributed by atoms with E-state index in [2.05, 4.69) is 9.97 Å². The fourth-order valence-corrected chi connectivity index (χ4v) is 4.68. The highest BCUT2D eigenvalue weighted by molar-refractivity contribution is 7.89. The van der Waals surface area contributed by atoms with Crippen LogP contribution in [0.5, 0.6) is 0 Å². The van der Waals surface area contributed by atoms with Crippen LogP contribution in [0.1, 0.15) is 17.2 Å². The molecule has 9 nitrogen and oxygen atoms in total. The Morgan fingerprint density at radius 2 is 1.68 bits per heavy atom. The molecule has 2 aromatic carbocycles. The number of aromatic nitrogens is 2. The first kappa shape index (κ1) is 21.6. The van der Waals surface area contributed by atoms with Gasteiger partial charge in [-0.05, 0) is 48.0 Å². The Morgan fingerprint density at radius 3 is 2.35 bits per heavy atom. The summed E-state index contributed by atoms with van der Waals surface area (Å²) in [6, 6.07) is 14.9. The molecule has 1 fully saturated rings. The van der Waals surface area contributed by atoms with Gasteiger partial charge in [-0.1, -0.05) is 18.2 Å². The minimum atomic E-state index is -3.94. The highest BCUT2D eigenvalue weighted by Gasteiger charge is 2.47. The number of rotatable bonds is 4. The third kappa shape index (κ3) is 3.45. The number of aromatic amines is 1. The summed E-state index contributed by atoms with van der Waals surface area (Å²) in [7, 11) is -3.94. The number of amides is 1. The van der Waals surface area contributed by atoms with Crippen LogP contribution in [-0.2, 0) is 19.6 Å². The largest absolute Gasteiger partial charge is 0.507 e. The van der Waals surface area contributed by atoms with Crippen molar-refractivity contribution in [3.8, 4) is 0 Å². The second kappa shape index (κ2) is 7.94. The first-order valence-corrected chi connectivity index (χ1v) is 11.7. The second-order valence-electron chi connectivity index (χ2n) is 7.74. The number of aliphatic hydroxyl groups is 1. The Kier molecular flexibility index (Phi) is 5.03. The van der Waals surface area contributed by atoms with Crippen molar-refractivity contribution in [1.29, 1.82) is 0 Å². The summed E-state index contributed by atoms with van der Waals surface area (Å²) in [6.07, 6.45) is 4.62. The number of H-pyrrole nitrogens is 1. The number of Topliss-reactive ketones (excluding diaryl/α,β-unsaturated/α-hetero) is 1. The van der Waals surface area contributed by atoms with E-state index < -0.39 is 27.8 Å². The maximum absolute atomic E-state index is 13.2. The number of carbonyl (C=O) groups excluding carboxylic acids is 2. The molecule has 4 N–H and O–H groups in total. The van der Waals surface area contributed by atoms with Crippen molar-refractivity contribution in [3.63, 3.8) is 0 Å². The lowest BCUT2D eigenvalue weighted by Gasteiger charge is -2.25. The fourth-order valence-electron chi connectivity index (χ4n) is 4.17. The van der Waals surface area contributed by atoms with Crippen LogP contribution in [0.3, 0.4) is 0 Å². The molecule has 2 aromatic heterocycles. The van der Waals surface area contributed by atoms with Crippen molar-refractivity contribution in [3.05, 3.63) is 96.0 Å². The molecule has 0 aliphatic carbocycles. The van der Waals surface area contributed by atoms with Crippen LogP contribution in [0.25, 0.3) is 16.7 Å². The second-order valence-corrected chi connectivity index (χ2v) is 9.30. The predicted molar refractivity (Wildman–Crippen MR) is 125 cm³/mol. The van der Waals surface area contributed by atoms with E-state index in [0.29, 0.717) is 16.5 Å². The van der Waals surface area contributed by atoms with E-state index in [0.717, 1.165) is 5.52 Å². The number of primary sulfonamides is 1. The molecule has 1 saturated heterocycles. The van der Waals surface area contributed by atoms with E-state index in [9.17, 15) is 23.1 Å². The number of hydrogen-bond acceptors (Lipinski definition) is 6. The lowest BCUT2D eigenvalue weighted by Crippen LogP contribution is -2.29. The number of anilines is 1. The maximum atomic E-state index is 13.2. The van der Waals surface area contributed by atoms with Gasteiger partial charge in [0.1, 0.15) is 5.76 Å². The van der Waals surface area contributed by atoms with Crippen LogP contribution in [0.2, 0.25) is 0 Å².